The van der Waals surface area contributed by atoms with E-state index < -0.39 is 9.84 Å². The van der Waals surface area contributed by atoms with Crippen molar-refractivity contribution >= 4 is 15.5 Å². The van der Waals surface area contributed by atoms with Gasteiger partial charge in [-0.05, 0) is 25.5 Å². The molecular formula is C15H21N3O2S. The first-order valence-electron chi connectivity index (χ1n) is 7.08. The molecule has 1 unspecified atom stereocenters. The number of nitrogens with one attached hydrogen (secondary N) is 1. The predicted octanol–water partition coefficient (Wildman–Crippen LogP) is 2.57. The van der Waals surface area contributed by atoms with Crippen LogP contribution in [0, 0.1) is 0 Å². The van der Waals surface area contributed by atoms with Crippen molar-refractivity contribution in [3.63, 3.8) is 0 Å². The van der Waals surface area contributed by atoms with Gasteiger partial charge in [0.25, 0.3) is 0 Å². The van der Waals surface area contributed by atoms with E-state index in [0.29, 0.717) is 4.90 Å². The maximum absolute atomic E-state index is 12.3. The highest BCUT2D eigenvalue weighted by Gasteiger charge is 2.18. The lowest BCUT2D eigenvalue weighted by Gasteiger charge is -2.14. The SMILES string of the molecule is CCCn1cc(NC(C)CS(=O)(=O)c2ccccc2)cn1. The number of aromatic nitrogens is 2. The lowest BCUT2D eigenvalue weighted by Crippen LogP contribution is -2.25. The van der Waals surface area contributed by atoms with Crippen LogP contribution in [-0.4, -0.2) is 30.0 Å². The second kappa shape index (κ2) is 6.76. The first-order chi connectivity index (χ1) is 10.0. The molecule has 0 amide bonds. The fourth-order valence-corrected chi connectivity index (χ4v) is 3.67. The first kappa shape index (κ1) is 15.6. The molecular weight excluding hydrogens is 286 g/mol. The summed E-state index contributed by atoms with van der Waals surface area (Å²) in [7, 11) is -3.27. The average Bonchev–Trinajstić information content (AvgIpc) is 2.87. The molecule has 0 aliphatic rings. The Hall–Kier alpha value is -1.82. The molecule has 0 aliphatic heterocycles. The summed E-state index contributed by atoms with van der Waals surface area (Å²) in [6, 6.07) is 8.35. The minimum atomic E-state index is -3.27. The maximum atomic E-state index is 12.3. The Balaban J connectivity index is 1.99. The summed E-state index contributed by atoms with van der Waals surface area (Å²) in [6.07, 6.45) is 4.63. The summed E-state index contributed by atoms with van der Waals surface area (Å²) in [5.74, 6) is 0.0516. The van der Waals surface area contributed by atoms with Crippen molar-refractivity contribution in [2.45, 2.75) is 37.8 Å². The topological polar surface area (TPSA) is 64.0 Å². The number of benzene rings is 1. The van der Waals surface area contributed by atoms with Crippen molar-refractivity contribution < 1.29 is 8.42 Å². The molecule has 1 aromatic carbocycles. The van der Waals surface area contributed by atoms with Crippen molar-refractivity contribution in [1.29, 1.82) is 0 Å². The smallest absolute Gasteiger partial charge is 0.180 e. The van der Waals surface area contributed by atoms with E-state index >= 15 is 0 Å². The van der Waals surface area contributed by atoms with Gasteiger partial charge < -0.3 is 5.32 Å². The first-order valence-corrected chi connectivity index (χ1v) is 8.73. The molecule has 0 fully saturated rings. The monoisotopic (exact) mass is 307 g/mol. The highest BCUT2D eigenvalue weighted by molar-refractivity contribution is 7.91. The molecule has 5 nitrogen and oxygen atoms in total. The van der Waals surface area contributed by atoms with Gasteiger partial charge in [-0.2, -0.15) is 5.10 Å². The van der Waals surface area contributed by atoms with E-state index in [9.17, 15) is 8.42 Å². The Morgan fingerprint density at radius 2 is 2.00 bits per heavy atom. The van der Waals surface area contributed by atoms with Crippen molar-refractivity contribution in [2.75, 3.05) is 11.1 Å². The second-order valence-electron chi connectivity index (χ2n) is 5.13. The fraction of sp³-hybridized carbons (Fsp3) is 0.400. The highest BCUT2D eigenvalue weighted by Crippen LogP contribution is 2.14. The van der Waals surface area contributed by atoms with Crippen molar-refractivity contribution in [3.05, 3.63) is 42.7 Å². The number of nitrogens with zero attached hydrogens (tertiary/aromatic N) is 2. The van der Waals surface area contributed by atoms with E-state index in [1.54, 1.807) is 30.5 Å². The van der Waals surface area contributed by atoms with Crippen LogP contribution in [0.25, 0.3) is 0 Å². The summed E-state index contributed by atoms with van der Waals surface area (Å²) < 4.78 is 26.4. The van der Waals surface area contributed by atoms with E-state index in [1.807, 2.05) is 23.9 Å². The molecule has 1 heterocycles. The number of hydrogen-bond donors (Lipinski definition) is 1. The molecule has 1 atom stereocenters. The van der Waals surface area contributed by atoms with Crippen LogP contribution in [0.5, 0.6) is 0 Å². The van der Waals surface area contributed by atoms with Gasteiger partial charge in [-0.1, -0.05) is 25.1 Å². The standard InChI is InChI=1S/C15H21N3O2S/c1-3-9-18-11-14(10-16-18)17-13(2)12-21(19,20)15-7-5-4-6-8-15/h4-8,10-11,13,17H,3,9,12H2,1-2H3. The molecule has 2 rings (SSSR count). The molecule has 0 radical (unpaired) electrons. The van der Waals surface area contributed by atoms with E-state index in [-0.39, 0.29) is 11.8 Å². The summed E-state index contributed by atoms with van der Waals surface area (Å²) in [5, 5.41) is 7.40. The Bertz CT molecular complexity index is 665. The van der Waals surface area contributed by atoms with Gasteiger partial charge in [-0.15, -0.1) is 0 Å². The molecule has 0 aliphatic carbocycles. The normalized spacial score (nSPS) is 13.0. The van der Waals surface area contributed by atoms with Gasteiger partial charge >= 0.3 is 0 Å². The Labute approximate surface area is 125 Å². The lowest BCUT2D eigenvalue weighted by molar-refractivity contribution is 0.592. The number of sulfone groups is 1. The molecule has 1 N–H and O–H groups in total. The van der Waals surface area contributed by atoms with Crippen LogP contribution in [0.4, 0.5) is 5.69 Å². The van der Waals surface area contributed by atoms with Crippen LogP contribution in [0.15, 0.2) is 47.6 Å². The van der Waals surface area contributed by atoms with Crippen molar-refractivity contribution in [3.8, 4) is 0 Å². The van der Waals surface area contributed by atoms with Gasteiger partial charge in [0.15, 0.2) is 9.84 Å². The third-order valence-corrected chi connectivity index (χ3v) is 5.00. The quantitative estimate of drug-likeness (QED) is 0.854. The minimum Gasteiger partial charge on any atom is -0.379 e. The number of anilines is 1. The Morgan fingerprint density at radius 3 is 2.67 bits per heavy atom. The van der Waals surface area contributed by atoms with Gasteiger partial charge in [0.2, 0.25) is 0 Å². The summed E-state index contributed by atoms with van der Waals surface area (Å²) in [6.45, 7) is 4.81. The lowest BCUT2D eigenvalue weighted by atomic mass is 10.4. The van der Waals surface area contributed by atoms with E-state index in [2.05, 4.69) is 17.3 Å². The predicted molar refractivity (Wildman–Crippen MR) is 84.1 cm³/mol. The molecule has 0 bridgehead atoms. The van der Waals surface area contributed by atoms with Gasteiger partial charge in [0.1, 0.15) is 0 Å². The molecule has 6 heteroatoms. The van der Waals surface area contributed by atoms with Gasteiger partial charge in [0.05, 0.1) is 22.5 Å². The molecule has 0 saturated carbocycles. The average molecular weight is 307 g/mol. The van der Waals surface area contributed by atoms with E-state index in [1.165, 1.54) is 0 Å². The fourth-order valence-electron chi connectivity index (χ4n) is 2.17. The minimum absolute atomic E-state index is 0.0516. The molecule has 114 valence electrons. The summed E-state index contributed by atoms with van der Waals surface area (Å²) in [4.78, 5) is 0.361. The van der Waals surface area contributed by atoms with Gasteiger partial charge in [-0.25, -0.2) is 8.42 Å². The molecule has 2 aromatic rings. The van der Waals surface area contributed by atoms with Crippen LogP contribution in [0.3, 0.4) is 0 Å². The second-order valence-corrected chi connectivity index (χ2v) is 7.17. The molecule has 21 heavy (non-hydrogen) atoms. The van der Waals surface area contributed by atoms with Gasteiger partial charge in [-0.3, -0.25) is 4.68 Å². The van der Waals surface area contributed by atoms with Crippen LogP contribution >= 0.6 is 0 Å². The zero-order valence-corrected chi connectivity index (χ0v) is 13.2. The summed E-state index contributed by atoms with van der Waals surface area (Å²) in [5.41, 5.74) is 0.846. The molecule has 0 saturated heterocycles. The van der Waals surface area contributed by atoms with E-state index in [0.717, 1.165) is 18.7 Å². The zero-order valence-electron chi connectivity index (χ0n) is 12.4. The molecule has 1 aromatic heterocycles. The highest BCUT2D eigenvalue weighted by atomic mass is 32.2. The maximum Gasteiger partial charge on any atom is 0.180 e. The third-order valence-electron chi connectivity index (χ3n) is 3.07. The van der Waals surface area contributed by atoms with Crippen molar-refractivity contribution in [1.82, 2.24) is 9.78 Å². The van der Waals surface area contributed by atoms with Crippen LogP contribution < -0.4 is 5.32 Å². The van der Waals surface area contributed by atoms with Crippen LogP contribution in [-0.2, 0) is 16.4 Å². The van der Waals surface area contributed by atoms with Crippen LogP contribution in [0.1, 0.15) is 20.3 Å². The Kier molecular flexibility index (Phi) is 5.01. The number of aryl methyl sites for hydroxylation is 1. The number of rotatable bonds is 7. The number of hydrogen-bond acceptors (Lipinski definition) is 4. The van der Waals surface area contributed by atoms with Gasteiger partial charge in [0, 0.05) is 18.8 Å². The Morgan fingerprint density at radius 1 is 1.29 bits per heavy atom. The van der Waals surface area contributed by atoms with Crippen LogP contribution in [0.2, 0.25) is 0 Å². The third kappa shape index (κ3) is 4.32. The summed E-state index contributed by atoms with van der Waals surface area (Å²) >= 11 is 0. The largest absolute Gasteiger partial charge is 0.379 e. The molecule has 0 spiro atoms. The zero-order chi connectivity index (χ0) is 15.3. The van der Waals surface area contributed by atoms with Crippen molar-refractivity contribution in [2.24, 2.45) is 0 Å². The van der Waals surface area contributed by atoms with E-state index in [4.69, 9.17) is 0 Å².